The van der Waals surface area contributed by atoms with E-state index in [2.05, 4.69) is 36.4 Å². The largest absolute Gasteiger partial charge is 0.489 e. The Morgan fingerprint density at radius 3 is 2.63 bits per heavy atom. The number of allylic oxidation sites excluding steroid dienone is 1. The summed E-state index contributed by atoms with van der Waals surface area (Å²) in [6, 6.07) is 18.4. The molecule has 0 aromatic heterocycles. The Labute approximate surface area is 162 Å². The van der Waals surface area contributed by atoms with Crippen LogP contribution in [0.3, 0.4) is 0 Å². The molecule has 0 bridgehead atoms. The van der Waals surface area contributed by atoms with E-state index in [0.717, 1.165) is 43.7 Å². The molecule has 27 heavy (non-hydrogen) atoms. The van der Waals surface area contributed by atoms with Gasteiger partial charge in [0, 0.05) is 19.5 Å². The molecule has 1 aliphatic rings. The monoisotopic (exact) mass is 363 g/mol. The molecule has 0 atom stereocenters. The van der Waals surface area contributed by atoms with Crippen LogP contribution in [0.1, 0.15) is 49.7 Å². The summed E-state index contributed by atoms with van der Waals surface area (Å²) < 4.78 is 5.88. The van der Waals surface area contributed by atoms with E-state index in [1.54, 1.807) is 0 Å². The second kappa shape index (κ2) is 10.6. The molecule has 2 aromatic carbocycles. The number of hydrogen-bond acceptors (Lipinski definition) is 2. The Bertz CT molecular complexity index is 733. The van der Waals surface area contributed by atoms with Crippen LogP contribution < -0.4 is 4.74 Å². The van der Waals surface area contributed by atoms with Gasteiger partial charge < -0.3 is 9.64 Å². The van der Waals surface area contributed by atoms with Crippen LogP contribution in [-0.4, -0.2) is 23.9 Å². The molecule has 0 unspecified atom stereocenters. The van der Waals surface area contributed by atoms with Gasteiger partial charge in [0.1, 0.15) is 12.4 Å². The first-order valence-electron chi connectivity index (χ1n) is 10.0. The molecule has 0 aliphatic carbocycles. The van der Waals surface area contributed by atoms with Crippen molar-refractivity contribution in [1.82, 2.24) is 4.90 Å². The van der Waals surface area contributed by atoms with Gasteiger partial charge in [-0.25, -0.2) is 0 Å². The molecule has 1 fully saturated rings. The Hall–Kier alpha value is -2.55. The van der Waals surface area contributed by atoms with Crippen molar-refractivity contribution in [3.05, 3.63) is 71.8 Å². The average Bonchev–Trinajstić information content (AvgIpc) is 3.25. The number of nitrogens with zero attached hydrogens (tertiary/aromatic N) is 1. The van der Waals surface area contributed by atoms with E-state index in [9.17, 15) is 4.79 Å². The molecule has 0 radical (unpaired) electrons. The zero-order chi connectivity index (χ0) is 18.7. The van der Waals surface area contributed by atoms with Gasteiger partial charge in [0.25, 0.3) is 0 Å². The van der Waals surface area contributed by atoms with Gasteiger partial charge in [0.05, 0.1) is 0 Å². The summed E-state index contributed by atoms with van der Waals surface area (Å²) in [5, 5.41) is 0. The summed E-state index contributed by atoms with van der Waals surface area (Å²) in [7, 11) is 0. The van der Waals surface area contributed by atoms with Gasteiger partial charge in [0.15, 0.2) is 0 Å². The number of unbranched alkanes of at least 4 members (excludes halogenated alkanes) is 2. The maximum Gasteiger partial charge on any atom is 0.222 e. The van der Waals surface area contributed by atoms with E-state index >= 15 is 0 Å². The highest BCUT2D eigenvalue weighted by Gasteiger charge is 2.16. The third-order valence-corrected chi connectivity index (χ3v) is 4.89. The molecule has 142 valence electrons. The lowest BCUT2D eigenvalue weighted by atomic mass is 10.1. The van der Waals surface area contributed by atoms with Crippen LogP contribution in [-0.2, 0) is 11.4 Å². The molecule has 3 rings (SSSR count). The van der Waals surface area contributed by atoms with Crippen LogP contribution >= 0.6 is 0 Å². The highest BCUT2D eigenvalue weighted by atomic mass is 16.5. The zero-order valence-electron chi connectivity index (χ0n) is 16.0. The number of carbonyl (C=O) groups excluding carboxylic acids is 1. The van der Waals surface area contributed by atoms with Gasteiger partial charge in [-0.2, -0.15) is 0 Å². The van der Waals surface area contributed by atoms with Crippen LogP contribution in [0.4, 0.5) is 0 Å². The molecule has 0 spiro atoms. The molecule has 1 aliphatic heterocycles. The predicted molar refractivity (Wildman–Crippen MR) is 111 cm³/mol. The molecule has 1 heterocycles. The molecular weight excluding hydrogens is 334 g/mol. The molecule has 2 aromatic rings. The lowest BCUT2D eigenvalue weighted by molar-refractivity contribution is -0.130. The normalized spacial score (nSPS) is 14.0. The summed E-state index contributed by atoms with van der Waals surface area (Å²) in [6.45, 7) is 2.50. The van der Waals surface area contributed by atoms with E-state index < -0.39 is 0 Å². The van der Waals surface area contributed by atoms with Gasteiger partial charge in [-0.3, -0.25) is 4.79 Å². The minimum atomic E-state index is 0.333. The van der Waals surface area contributed by atoms with Crippen molar-refractivity contribution in [3.63, 3.8) is 0 Å². The highest BCUT2D eigenvalue weighted by molar-refractivity contribution is 5.76. The Morgan fingerprint density at radius 1 is 1.00 bits per heavy atom. The summed E-state index contributed by atoms with van der Waals surface area (Å²) in [5.41, 5.74) is 2.32. The fourth-order valence-electron chi connectivity index (χ4n) is 3.33. The van der Waals surface area contributed by atoms with Crippen molar-refractivity contribution >= 4 is 12.0 Å². The molecule has 0 saturated carbocycles. The second-order valence-electron chi connectivity index (χ2n) is 7.08. The topological polar surface area (TPSA) is 29.5 Å². The number of hydrogen-bond donors (Lipinski definition) is 0. The van der Waals surface area contributed by atoms with Crippen LogP contribution in [0.25, 0.3) is 6.08 Å². The Morgan fingerprint density at radius 2 is 1.81 bits per heavy atom. The number of amides is 1. The van der Waals surface area contributed by atoms with Crippen molar-refractivity contribution < 1.29 is 9.53 Å². The predicted octanol–water partition coefficient (Wildman–Crippen LogP) is 5.46. The minimum absolute atomic E-state index is 0.333. The Kier molecular flexibility index (Phi) is 7.52. The number of carbonyl (C=O) groups is 1. The van der Waals surface area contributed by atoms with Crippen molar-refractivity contribution in [2.24, 2.45) is 0 Å². The second-order valence-corrected chi connectivity index (χ2v) is 7.08. The summed E-state index contributed by atoms with van der Waals surface area (Å²) in [4.78, 5) is 14.0. The Balaban J connectivity index is 1.36. The summed E-state index contributed by atoms with van der Waals surface area (Å²) >= 11 is 0. The number of rotatable bonds is 9. The van der Waals surface area contributed by atoms with E-state index in [4.69, 9.17) is 4.74 Å². The van der Waals surface area contributed by atoms with E-state index in [0.29, 0.717) is 18.9 Å². The maximum atomic E-state index is 12.0. The fourth-order valence-corrected chi connectivity index (χ4v) is 3.33. The molecule has 0 N–H and O–H groups in total. The molecule has 3 heteroatoms. The van der Waals surface area contributed by atoms with Crippen LogP contribution in [0.15, 0.2) is 60.7 Å². The SMILES string of the molecule is O=C(CCCC/C=C/c1cccc(OCc2ccccc2)c1)N1CCCC1. The van der Waals surface area contributed by atoms with E-state index in [1.165, 1.54) is 18.4 Å². The van der Waals surface area contributed by atoms with Gasteiger partial charge in [-0.15, -0.1) is 0 Å². The van der Waals surface area contributed by atoms with Crippen molar-refractivity contribution in [3.8, 4) is 5.75 Å². The number of likely N-dealkylation sites (tertiary alicyclic amines) is 1. The quantitative estimate of drug-likeness (QED) is 0.554. The van der Waals surface area contributed by atoms with Crippen LogP contribution in [0, 0.1) is 0 Å². The standard InChI is InChI=1S/C24H29NO2/c26-24(25-17-8-9-18-25)16-7-2-1-4-11-21-14-10-15-23(19-21)27-20-22-12-5-3-6-13-22/h3-6,10-15,19H,1-2,7-9,16-18,20H2/b11-4+. The van der Waals surface area contributed by atoms with Crippen molar-refractivity contribution in [2.45, 2.75) is 45.1 Å². The lowest BCUT2D eigenvalue weighted by Gasteiger charge is -2.14. The summed E-state index contributed by atoms with van der Waals surface area (Å²) in [6.07, 6.45) is 10.4. The lowest BCUT2D eigenvalue weighted by Crippen LogP contribution is -2.27. The fraction of sp³-hybridized carbons (Fsp3) is 0.375. The number of benzene rings is 2. The van der Waals surface area contributed by atoms with E-state index in [1.807, 2.05) is 35.2 Å². The maximum absolute atomic E-state index is 12.0. The number of ether oxygens (including phenoxy) is 1. The molecular formula is C24H29NO2. The van der Waals surface area contributed by atoms with Crippen LogP contribution in [0.2, 0.25) is 0 Å². The molecule has 1 amide bonds. The first-order valence-corrected chi connectivity index (χ1v) is 10.0. The van der Waals surface area contributed by atoms with Crippen molar-refractivity contribution in [1.29, 1.82) is 0 Å². The van der Waals surface area contributed by atoms with Gasteiger partial charge in [-0.1, -0.05) is 54.6 Å². The molecule has 1 saturated heterocycles. The van der Waals surface area contributed by atoms with Gasteiger partial charge in [0.2, 0.25) is 5.91 Å². The average molecular weight is 364 g/mol. The minimum Gasteiger partial charge on any atom is -0.489 e. The van der Waals surface area contributed by atoms with Gasteiger partial charge >= 0.3 is 0 Å². The highest BCUT2D eigenvalue weighted by Crippen LogP contribution is 2.17. The van der Waals surface area contributed by atoms with Gasteiger partial charge in [-0.05, 0) is 55.4 Å². The first kappa shape index (κ1) is 19.2. The first-order chi connectivity index (χ1) is 13.3. The van der Waals surface area contributed by atoms with Crippen LogP contribution in [0.5, 0.6) is 5.75 Å². The smallest absolute Gasteiger partial charge is 0.222 e. The summed E-state index contributed by atoms with van der Waals surface area (Å²) in [5.74, 6) is 1.22. The van der Waals surface area contributed by atoms with Crippen molar-refractivity contribution in [2.75, 3.05) is 13.1 Å². The third kappa shape index (κ3) is 6.59. The van der Waals surface area contributed by atoms with E-state index in [-0.39, 0.29) is 0 Å². The zero-order valence-corrected chi connectivity index (χ0v) is 16.0. The third-order valence-electron chi connectivity index (χ3n) is 4.89. The molecule has 3 nitrogen and oxygen atoms in total.